The fraction of sp³-hybridized carbons (Fsp3) is 0.462. The van der Waals surface area contributed by atoms with E-state index in [2.05, 4.69) is 6.92 Å². The van der Waals surface area contributed by atoms with Crippen molar-refractivity contribution in [3.63, 3.8) is 0 Å². The summed E-state index contributed by atoms with van der Waals surface area (Å²) in [5.41, 5.74) is 7.12. The van der Waals surface area contributed by atoms with Crippen molar-refractivity contribution < 1.29 is 4.79 Å². The molecule has 0 heterocycles. The van der Waals surface area contributed by atoms with Gasteiger partial charge in [0, 0.05) is 17.2 Å². The van der Waals surface area contributed by atoms with Crippen molar-refractivity contribution in [2.24, 2.45) is 11.8 Å². The molecule has 1 aromatic rings. The maximum absolute atomic E-state index is 12.1. The summed E-state index contributed by atoms with van der Waals surface area (Å²) in [7, 11) is 0. The minimum atomic E-state index is 0.230. The molecular weight excluding hydrogens is 186 g/mol. The molecular formula is C13H17NO. The molecule has 2 heteroatoms. The third kappa shape index (κ3) is 2.04. The molecule has 0 saturated heterocycles. The lowest BCUT2D eigenvalue weighted by Crippen LogP contribution is -2.17. The van der Waals surface area contributed by atoms with Crippen molar-refractivity contribution in [2.45, 2.75) is 26.2 Å². The summed E-state index contributed by atoms with van der Waals surface area (Å²) in [5, 5.41) is 0. The summed E-state index contributed by atoms with van der Waals surface area (Å²) >= 11 is 0. The van der Waals surface area contributed by atoms with Crippen LogP contribution in [0, 0.1) is 11.8 Å². The smallest absolute Gasteiger partial charge is 0.166 e. The topological polar surface area (TPSA) is 43.1 Å². The average Bonchev–Trinajstić information content (AvgIpc) is 2.65. The van der Waals surface area contributed by atoms with Crippen molar-refractivity contribution >= 4 is 11.5 Å². The van der Waals surface area contributed by atoms with Crippen LogP contribution < -0.4 is 5.73 Å². The highest BCUT2D eigenvalue weighted by Crippen LogP contribution is 2.33. The molecule has 1 aromatic carbocycles. The summed E-state index contributed by atoms with van der Waals surface area (Å²) in [6, 6.07) is 7.27. The Morgan fingerprint density at radius 1 is 1.27 bits per heavy atom. The van der Waals surface area contributed by atoms with Gasteiger partial charge in [0.15, 0.2) is 5.78 Å². The summed E-state index contributed by atoms with van der Waals surface area (Å²) in [5.74, 6) is 1.06. The van der Waals surface area contributed by atoms with Crippen LogP contribution in [0.5, 0.6) is 0 Å². The number of benzene rings is 1. The van der Waals surface area contributed by atoms with Gasteiger partial charge in [0.1, 0.15) is 0 Å². The fourth-order valence-corrected chi connectivity index (χ4v) is 2.40. The predicted molar refractivity (Wildman–Crippen MR) is 61.7 cm³/mol. The number of nitrogen functional groups attached to an aromatic ring is 1. The number of rotatable bonds is 2. The Hall–Kier alpha value is -1.31. The number of ketones is 1. The van der Waals surface area contributed by atoms with Gasteiger partial charge in [-0.2, -0.15) is 0 Å². The molecule has 2 atom stereocenters. The second-order valence-electron chi connectivity index (χ2n) is 4.50. The van der Waals surface area contributed by atoms with Crippen molar-refractivity contribution in [1.29, 1.82) is 0 Å². The van der Waals surface area contributed by atoms with E-state index in [1.54, 1.807) is 12.1 Å². The Morgan fingerprint density at radius 2 is 1.93 bits per heavy atom. The Bertz CT molecular complexity index is 355. The number of nitrogens with two attached hydrogens (primary N) is 1. The molecule has 1 fully saturated rings. The molecule has 0 spiro atoms. The summed E-state index contributed by atoms with van der Waals surface area (Å²) in [4.78, 5) is 12.1. The highest BCUT2D eigenvalue weighted by molar-refractivity contribution is 5.98. The van der Waals surface area contributed by atoms with Gasteiger partial charge in [-0.3, -0.25) is 4.79 Å². The molecule has 2 N–H and O–H groups in total. The third-order valence-corrected chi connectivity index (χ3v) is 3.39. The largest absolute Gasteiger partial charge is 0.399 e. The lowest BCUT2D eigenvalue weighted by atomic mass is 9.89. The molecule has 1 saturated carbocycles. The standard InChI is InChI=1S/C13H17NO/c1-9-3-2-4-12(9)13(15)10-5-7-11(14)8-6-10/h5-9,12H,2-4,14H2,1H3. The molecule has 80 valence electrons. The van der Waals surface area contributed by atoms with E-state index in [9.17, 15) is 4.79 Å². The van der Waals surface area contributed by atoms with Gasteiger partial charge < -0.3 is 5.73 Å². The van der Waals surface area contributed by atoms with E-state index < -0.39 is 0 Å². The van der Waals surface area contributed by atoms with Crippen LogP contribution in [0.3, 0.4) is 0 Å². The minimum absolute atomic E-state index is 0.230. The fourth-order valence-electron chi connectivity index (χ4n) is 2.40. The van der Waals surface area contributed by atoms with Crippen LogP contribution in [-0.2, 0) is 0 Å². The number of carbonyl (C=O) groups excluding carboxylic acids is 1. The van der Waals surface area contributed by atoms with E-state index in [4.69, 9.17) is 5.73 Å². The Kier molecular flexibility index (Phi) is 2.76. The second-order valence-corrected chi connectivity index (χ2v) is 4.50. The molecule has 2 nitrogen and oxygen atoms in total. The molecule has 0 aromatic heterocycles. The van der Waals surface area contributed by atoms with Crippen LogP contribution in [0.25, 0.3) is 0 Å². The van der Waals surface area contributed by atoms with Crippen molar-refractivity contribution in [3.8, 4) is 0 Å². The monoisotopic (exact) mass is 203 g/mol. The minimum Gasteiger partial charge on any atom is -0.399 e. The lowest BCUT2D eigenvalue weighted by Gasteiger charge is -2.13. The van der Waals surface area contributed by atoms with E-state index >= 15 is 0 Å². The van der Waals surface area contributed by atoms with Gasteiger partial charge in [-0.25, -0.2) is 0 Å². The van der Waals surface area contributed by atoms with E-state index in [0.717, 1.165) is 12.0 Å². The Balaban J connectivity index is 2.17. The molecule has 2 unspecified atom stereocenters. The van der Waals surface area contributed by atoms with E-state index in [1.165, 1.54) is 12.8 Å². The maximum Gasteiger partial charge on any atom is 0.166 e. The van der Waals surface area contributed by atoms with E-state index in [0.29, 0.717) is 17.4 Å². The zero-order chi connectivity index (χ0) is 10.8. The molecule has 0 bridgehead atoms. The number of carbonyl (C=O) groups is 1. The number of hydrogen-bond donors (Lipinski definition) is 1. The molecule has 0 radical (unpaired) electrons. The lowest BCUT2D eigenvalue weighted by molar-refractivity contribution is 0.0897. The van der Waals surface area contributed by atoms with E-state index in [-0.39, 0.29) is 5.92 Å². The van der Waals surface area contributed by atoms with Crippen molar-refractivity contribution in [2.75, 3.05) is 5.73 Å². The van der Waals surface area contributed by atoms with Gasteiger partial charge in [-0.15, -0.1) is 0 Å². The first-order valence-electron chi connectivity index (χ1n) is 5.58. The molecule has 2 rings (SSSR count). The molecule has 0 amide bonds. The summed E-state index contributed by atoms with van der Waals surface area (Å²) in [6.07, 6.45) is 3.42. The zero-order valence-electron chi connectivity index (χ0n) is 9.07. The normalized spacial score (nSPS) is 25.4. The maximum atomic E-state index is 12.1. The first-order chi connectivity index (χ1) is 7.18. The highest BCUT2D eigenvalue weighted by atomic mass is 16.1. The van der Waals surface area contributed by atoms with Crippen LogP contribution in [0.4, 0.5) is 5.69 Å². The number of hydrogen-bond acceptors (Lipinski definition) is 2. The average molecular weight is 203 g/mol. The second kappa shape index (κ2) is 4.05. The Morgan fingerprint density at radius 3 is 2.47 bits per heavy atom. The first kappa shape index (κ1) is 10.2. The zero-order valence-corrected chi connectivity index (χ0v) is 9.07. The SMILES string of the molecule is CC1CCCC1C(=O)c1ccc(N)cc1. The Labute approximate surface area is 90.5 Å². The third-order valence-electron chi connectivity index (χ3n) is 3.39. The van der Waals surface area contributed by atoms with Gasteiger partial charge in [0.25, 0.3) is 0 Å². The van der Waals surface area contributed by atoms with Gasteiger partial charge in [-0.1, -0.05) is 13.3 Å². The molecule has 0 aliphatic heterocycles. The van der Waals surface area contributed by atoms with Gasteiger partial charge in [0.05, 0.1) is 0 Å². The van der Waals surface area contributed by atoms with Gasteiger partial charge in [-0.05, 0) is 43.0 Å². The van der Waals surface area contributed by atoms with Crippen molar-refractivity contribution in [3.05, 3.63) is 29.8 Å². The summed E-state index contributed by atoms with van der Waals surface area (Å²) in [6.45, 7) is 2.17. The van der Waals surface area contributed by atoms with Crippen LogP contribution >= 0.6 is 0 Å². The van der Waals surface area contributed by atoms with Crippen LogP contribution in [-0.4, -0.2) is 5.78 Å². The summed E-state index contributed by atoms with van der Waals surface area (Å²) < 4.78 is 0. The number of anilines is 1. The van der Waals surface area contributed by atoms with Crippen LogP contribution in [0.1, 0.15) is 36.5 Å². The quantitative estimate of drug-likeness (QED) is 0.593. The molecule has 15 heavy (non-hydrogen) atoms. The molecule has 1 aliphatic carbocycles. The van der Waals surface area contributed by atoms with Gasteiger partial charge >= 0.3 is 0 Å². The van der Waals surface area contributed by atoms with Crippen LogP contribution in [0.2, 0.25) is 0 Å². The number of Topliss-reactive ketones (excluding diaryl/α,β-unsaturated/α-hetero) is 1. The molecule has 1 aliphatic rings. The van der Waals surface area contributed by atoms with E-state index in [1.807, 2.05) is 12.1 Å². The first-order valence-corrected chi connectivity index (χ1v) is 5.58. The highest BCUT2D eigenvalue weighted by Gasteiger charge is 2.29. The predicted octanol–water partition coefficient (Wildman–Crippen LogP) is 2.89. The van der Waals surface area contributed by atoms with Crippen LogP contribution in [0.15, 0.2) is 24.3 Å². The van der Waals surface area contributed by atoms with Crippen molar-refractivity contribution in [1.82, 2.24) is 0 Å². The van der Waals surface area contributed by atoms with Gasteiger partial charge in [0.2, 0.25) is 0 Å².